The summed E-state index contributed by atoms with van der Waals surface area (Å²) in [5.74, 6) is 3.12. The molecule has 0 bridgehead atoms. The lowest BCUT2D eigenvalue weighted by molar-refractivity contribution is -0.132. The van der Waals surface area contributed by atoms with Crippen LogP contribution in [0.3, 0.4) is 0 Å². The Morgan fingerprint density at radius 3 is 2.81 bits per heavy atom. The highest BCUT2D eigenvalue weighted by molar-refractivity contribution is 7.99. The van der Waals surface area contributed by atoms with Gasteiger partial charge in [0.2, 0.25) is 5.91 Å². The highest BCUT2D eigenvalue weighted by Crippen LogP contribution is 2.25. The highest BCUT2D eigenvalue weighted by Gasteiger charge is 2.26. The van der Waals surface area contributed by atoms with Crippen molar-refractivity contribution in [2.24, 2.45) is 5.92 Å². The molecule has 2 rings (SSSR count). The average molecular weight is 242 g/mol. The van der Waals surface area contributed by atoms with Crippen LogP contribution in [0.2, 0.25) is 0 Å². The zero-order valence-corrected chi connectivity index (χ0v) is 10.9. The van der Waals surface area contributed by atoms with Crippen molar-refractivity contribution in [3.8, 4) is 0 Å². The molecule has 1 heterocycles. The Labute approximate surface area is 102 Å². The predicted octanol–water partition coefficient (Wildman–Crippen LogP) is 1.34. The van der Waals surface area contributed by atoms with Crippen molar-refractivity contribution in [1.29, 1.82) is 0 Å². The Balaban J connectivity index is 1.78. The SMILES string of the molecule is CN(CC1CCCC1)C(=O)C1CSCCN1. The van der Waals surface area contributed by atoms with E-state index in [0.717, 1.165) is 30.5 Å². The van der Waals surface area contributed by atoms with Gasteiger partial charge in [0.1, 0.15) is 0 Å². The number of thioether (sulfide) groups is 1. The van der Waals surface area contributed by atoms with Gasteiger partial charge in [-0.05, 0) is 18.8 Å². The lowest BCUT2D eigenvalue weighted by atomic mass is 10.1. The third-order valence-electron chi connectivity index (χ3n) is 3.60. The number of nitrogens with one attached hydrogen (secondary N) is 1. The van der Waals surface area contributed by atoms with Gasteiger partial charge in [-0.15, -0.1) is 0 Å². The molecule has 0 radical (unpaired) electrons. The van der Waals surface area contributed by atoms with Crippen molar-refractivity contribution in [1.82, 2.24) is 10.2 Å². The second kappa shape index (κ2) is 5.92. The van der Waals surface area contributed by atoms with Crippen molar-refractivity contribution in [2.75, 3.05) is 31.6 Å². The van der Waals surface area contributed by atoms with E-state index in [2.05, 4.69) is 5.32 Å². The van der Waals surface area contributed by atoms with E-state index in [0.29, 0.717) is 5.91 Å². The molecule has 0 aromatic heterocycles. The number of hydrogen-bond donors (Lipinski definition) is 1. The molecular formula is C12H22N2OS. The molecule has 1 amide bonds. The Morgan fingerprint density at radius 2 is 2.19 bits per heavy atom. The minimum atomic E-state index is 0.0603. The fraction of sp³-hybridized carbons (Fsp3) is 0.917. The number of nitrogens with zero attached hydrogens (tertiary/aromatic N) is 1. The summed E-state index contributed by atoms with van der Waals surface area (Å²) in [6.07, 6.45) is 5.32. The number of carbonyl (C=O) groups is 1. The topological polar surface area (TPSA) is 32.3 Å². The molecule has 1 saturated carbocycles. The molecule has 0 aromatic carbocycles. The maximum absolute atomic E-state index is 12.1. The summed E-state index contributed by atoms with van der Waals surface area (Å²) < 4.78 is 0. The molecule has 1 saturated heterocycles. The molecule has 2 fully saturated rings. The number of carbonyl (C=O) groups excluding carboxylic acids is 1. The summed E-state index contributed by atoms with van der Waals surface area (Å²) in [4.78, 5) is 14.1. The van der Waals surface area contributed by atoms with E-state index in [9.17, 15) is 4.79 Å². The van der Waals surface area contributed by atoms with Crippen LogP contribution in [0.5, 0.6) is 0 Å². The van der Waals surface area contributed by atoms with Crippen molar-refractivity contribution in [3.63, 3.8) is 0 Å². The second-order valence-corrected chi connectivity index (χ2v) is 6.10. The Kier molecular flexibility index (Phi) is 4.53. The Hall–Kier alpha value is -0.220. The van der Waals surface area contributed by atoms with Crippen LogP contribution in [0.1, 0.15) is 25.7 Å². The molecule has 0 aromatic rings. The van der Waals surface area contributed by atoms with Gasteiger partial charge in [-0.2, -0.15) is 11.8 Å². The normalized spacial score (nSPS) is 26.9. The van der Waals surface area contributed by atoms with Gasteiger partial charge in [0.05, 0.1) is 6.04 Å². The molecular weight excluding hydrogens is 220 g/mol. The van der Waals surface area contributed by atoms with Crippen LogP contribution in [0.25, 0.3) is 0 Å². The van der Waals surface area contributed by atoms with E-state index in [1.54, 1.807) is 0 Å². The average Bonchev–Trinajstić information content (AvgIpc) is 2.82. The molecule has 16 heavy (non-hydrogen) atoms. The standard InChI is InChI=1S/C12H22N2OS/c1-14(8-10-4-2-3-5-10)12(15)11-9-16-7-6-13-11/h10-11,13H,2-9H2,1H3. The first-order valence-corrected chi connectivity index (χ1v) is 7.49. The fourth-order valence-corrected chi connectivity index (χ4v) is 3.59. The molecule has 2 aliphatic rings. The smallest absolute Gasteiger partial charge is 0.240 e. The van der Waals surface area contributed by atoms with Crippen LogP contribution in [0.4, 0.5) is 0 Å². The maximum atomic E-state index is 12.1. The third-order valence-corrected chi connectivity index (χ3v) is 4.66. The monoisotopic (exact) mass is 242 g/mol. The number of rotatable bonds is 3. The van der Waals surface area contributed by atoms with Gasteiger partial charge in [0.25, 0.3) is 0 Å². The van der Waals surface area contributed by atoms with Crippen molar-refractivity contribution >= 4 is 17.7 Å². The van der Waals surface area contributed by atoms with Crippen LogP contribution in [0.15, 0.2) is 0 Å². The molecule has 1 aliphatic carbocycles. The summed E-state index contributed by atoms with van der Waals surface area (Å²) in [6, 6.07) is 0.0603. The van der Waals surface area contributed by atoms with Gasteiger partial charge in [-0.3, -0.25) is 4.79 Å². The minimum Gasteiger partial charge on any atom is -0.344 e. The third kappa shape index (κ3) is 3.14. The van der Waals surface area contributed by atoms with Gasteiger partial charge in [-0.1, -0.05) is 12.8 Å². The lowest BCUT2D eigenvalue weighted by Gasteiger charge is -2.28. The van der Waals surface area contributed by atoms with Crippen molar-refractivity contribution in [3.05, 3.63) is 0 Å². The van der Waals surface area contributed by atoms with Gasteiger partial charge >= 0.3 is 0 Å². The van der Waals surface area contributed by atoms with Crippen molar-refractivity contribution < 1.29 is 4.79 Å². The van der Waals surface area contributed by atoms with Crippen LogP contribution in [-0.2, 0) is 4.79 Å². The molecule has 1 N–H and O–H groups in total. The van der Waals surface area contributed by atoms with E-state index in [1.807, 2.05) is 23.7 Å². The largest absolute Gasteiger partial charge is 0.344 e. The van der Waals surface area contributed by atoms with Crippen LogP contribution >= 0.6 is 11.8 Å². The summed E-state index contributed by atoms with van der Waals surface area (Å²) in [5, 5.41) is 3.31. The molecule has 1 atom stereocenters. The summed E-state index contributed by atoms with van der Waals surface area (Å²) in [7, 11) is 1.96. The van der Waals surface area contributed by atoms with Gasteiger partial charge in [-0.25, -0.2) is 0 Å². The minimum absolute atomic E-state index is 0.0603. The van der Waals surface area contributed by atoms with E-state index in [4.69, 9.17) is 0 Å². The summed E-state index contributed by atoms with van der Waals surface area (Å²) in [6.45, 7) is 1.93. The van der Waals surface area contributed by atoms with Crippen LogP contribution in [0, 0.1) is 5.92 Å². The first-order valence-electron chi connectivity index (χ1n) is 6.33. The van der Waals surface area contributed by atoms with Gasteiger partial charge in [0, 0.05) is 31.6 Å². The lowest BCUT2D eigenvalue weighted by Crippen LogP contribution is -2.50. The van der Waals surface area contributed by atoms with Gasteiger partial charge < -0.3 is 10.2 Å². The quantitative estimate of drug-likeness (QED) is 0.810. The maximum Gasteiger partial charge on any atom is 0.240 e. The first-order chi connectivity index (χ1) is 7.77. The zero-order valence-electron chi connectivity index (χ0n) is 10.1. The number of hydrogen-bond acceptors (Lipinski definition) is 3. The molecule has 0 spiro atoms. The van der Waals surface area contributed by atoms with Crippen molar-refractivity contribution in [2.45, 2.75) is 31.7 Å². The summed E-state index contributed by atoms with van der Waals surface area (Å²) in [5.41, 5.74) is 0. The van der Waals surface area contributed by atoms with E-state index >= 15 is 0 Å². The number of amides is 1. The molecule has 92 valence electrons. The Morgan fingerprint density at radius 1 is 1.44 bits per heavy atom. The molecule has 4 heteroatoms. The van der Waals surface area contributed by atoms with E-state index in [-0.39, 0.29) is 6.04 Å². The molecule has 1 aliphatic heterocycles. The molecule has 1 unspecified atom stereocenters. The predicted molar refractivity (Wildman–Crippen MR) is 68.7 cm³/mol. The summed E-state index contributed by atoms with van der Waals surface area (Å²) >= 11 is 1.88. The Bertz CT molecular complexity index is 235. The van der Waals surface area contributed by atoms with E-state index < -0.39 is 0 Å². The number of likely N-dealkylation sites (N-methyl/N-ethyl adjacent to an activating group) is 1. The molecule has 3 nitrogen and oxygen atoms in total. The first kappa shape index (κ1) is 12.2. The van der Waals surface area contributed by atoms with Crippen LogP contribution in [-0.4, -0.2) is 48.5 Å². The second-order valence-electron chi connectivity index (χ2n) is 4.95. The van der Waals surface area contributed by atoms with Crippen LogP contribution < -0.4 is 5.32 Å². The highest BCUT2D eigenvalue weighted by atomic mass is 32.2. The zero-order chi connectivity index (χ0) is 11.4. The van der Waals surface area contributed by atoms with Gasteiger partial charge in [0.15, 0.2) is 0 Å². The van der Waals surface area contributed by atoms with E-state index in [1.165, 1.54) is 25.7 Å². The fourth-order valence-electron chi connectivity index (χ4n) is 2.66.